The lowest BCUT2D eigenvalue weighted by molar-refractivity contribution is -0.384. The Bertz CT molecular complexity index is 2620. The van der Waals surface area contributed by atoms with Gasteiger partial charge in [0.15, 0.2) is 0 Å². The van der Waals surface area contributed by atoms with Gasteiger partial charge in [0.25, 0.3) is 5.69 Å². The van der Waals surface area contributed by atoms with Gasteiger partial charge in [-0.15, -0.1) is 0 Å². The highest BCUT2D eigenvalue weighted by Gasteiger charge is 2.29. The monoisotopic (exact) mass is 923 g/mol. The molecule has 0 atom stereocenters. The van der Waals surface area contributed by atoms with Gasteiger partial charge in [0.05, 0.1) is 30.2 Å². The largest absolute Gasteiger partial charge is 0.496 e. The summed E-state index contributed by atoms with van der Waals surface area (Å²) in [5.41, 5.74) is 5.61. The van der Waals surface area contributed by atoms with Crippen LogP contribution in [0.2, 0.25) is 0 Å². The van der Waals surface area contributed by atoms with Crippen molar-refractivity contribution in [3.63, 3.8) is 0 Å². The molecule has 4 aromatic carbocycles. The van der Waals surface area contributed by atoms with Crippen LogP contribution in [0.3, 0.4) is 0 Å². The summed E-state index contributed by atoms with van der Waals surface area (Å²) in [5.74, 6) is 6.09. The first kappa shape index (κ1) is 48.0. The number of aromatic nitrogens is 4. The summed E-state index contributed by atoms with van der Waals surface area (Å²) in [7, 11) is 5.64. The number of ether oxygens (including phenoxy) is 2. The van der Waals surface area contributed by atoms with Crippen LogP contribution in [0.25, 0.3) is 21.8 Å². The van der Waals surface area contributed by atoms with E-state index in [9.17, 15) is 10.1 Å². The van der Waals surface area contributed by atoms with Crippen LogP contribution < -0.4 is 34.8 Å². The third-order valence-corrected chi connectivity index (χ3v) is 14.2. The van der Waals surface area contributed by atoms with Crippen LogP contribution in [0.4, 0.5) is 34.9 Å². The number of non-ortho nitro benzene ring substituents is 1. The number of nitro benzene ring substituents is 1. The van der Waals surface area contributed by atoms with E-state index in [0.717, 1.165) is 129 Å². The Morgan fingerprint density at radius 3 is 1.53 bits per heavy atom. The summed E-state index contributed by atoms with van der Waals surface area (Å²) in [6.07, 6.45) is 12.4. The quantitative estimate of drug-likeness (QED) is 0.0790. The predicted octanol–water partition coefficient (Wildman–Crippen LogP) is 11.8. The first-order valence-corrected chi connectivity index (χ1v) is 25.1. The Kier molecular flexibility index (Phi) is 15.9. The SMILES string of the molecule is CC.CCCN(C)c1ccc2nc(NC3CCC3)nc(N3CCC(c4ccccc4OC)CC3)c2c1.COc1ccccc1C1CCN(c2nc(NC3CCC3)nc3ccc([N+](=O)[O-])cc23)CC1. The minimum absolute atomic E-state index is 0.0611. The summed E-state index contributed by atoms with van der Waals surface area (Å²) in [6.45, 7) is 10.9. The molecular formula is C54H70N10O4. The molecule has 0 bridgehead atoms. The van der Waals surface area contributed by atoms with Gasteiger partial charge in [0.2, 0.25) is 11.9 Å². The van der Waals surface area contributed by atoms with Crippen LogP contribution in [0.15, 0.2) is 84.9 Å². The molecule has 0 unspecified atom stereocenters. The van der Waals surface area contributed by atoms with Crippen molar-refractivity contribution >= 4 is 56.7 Å². The molecule has 6 aromatic rings. The highest BCUT2D eigenvalue weighted by atomic mass is 16.6. The zero-order valence-corrected chi connectivity index (χ0v) is 40.9. The Morgan fingerprint density at radius 1 is 0.647 bits per heavy atom. The van der Waals surface area contributed by atoms with E-state index in [1.807, 2.05) is 32.0 Å². The van der Waals surface area contributed by atoms with E-state index in [1.54, 1.807) is 26.4 Å². The van der Waals surface area contributed by atoms with Crippen LogP contribution in [0.1, 0.15) is 114 Å². The number of rotatable bonds is 14. The third kappa shape index (κ3) is 11.0. The molecule has 0 spiro atoms. The van der Waals surface area contributed by atoms with E-state index < -0.39 is 0 Å². The Hall–Kier alpha value is -6.44. The van der Waals surface area contributed by atoms with Gasteiger partial charge >= 0.3 is 0 Å². The molecule has 2 N–H and O–H groups in total. The van der Waals surface area contributed by atoms with Gasteiger partial charge in [-0.3, -0.25) is 10.1 Å². The van der Waals surface area contributed by atoms with Crippen LogP contribution >= 0.6 is 0 Å². The van der Waals surface area contributed by atoms with Gasteiger partial charge in [-0.05, 0) is 130 Å². The van der Waals surface area contributed by atoms with Crippen molar-refractivity contribution in [1.29, 1.82) is 0 Å². The number of para-hydroxylation sites is 2. The van der Waals surface area contributed by atoms with Crippen molar-refractivity contribution in [2.24, 2.45) is 0 Å². The molecule has 4 fully saturated rings. The van der Waals surface area contributed by atoms with Gasteiger partial charge in [-0.1, -0.05) is 57.2 Å². The van der Waals surface area contributed by atoms with E-state index in [-0.39, 0.29) is 10.6 Å². The van der Waals surface area contributed by atoms with Gasteiger partial charge in [0, 0.05) is 80.4 Å². The molecule has 0 radical (unpaired) electrons. The van der Waals surface area contributed by atoms with Gasteiger partial charge < -0.3 is 34.8 Å². The van der Waals surface area contributed by atoms with Crippen LogP contribution in [0.5, 0.6) is 11.5 Å². The maximum Gasteiger partial charge on any atom is 0.270 e. The molecule has 4 aliphatic rings. The number of hydrogen-bond acceptors (Lipinski definition) is 13. The van der Waals surface area contributed by atoms with Crippen molar-refractivity contribution in [1.82, 2.24) is 19.9 Å². The fourth-order valence-corrected chi connectivity index (χ4v) is 9.91. The molecule has 2 aliphatic heterocycles. The molecule has 4 heterocycles. The molecular weight excluding hydrogens is 853 g/mol. The molecule has 2 aliphatic carbocycles. The molecule has 360 valence electrons. The topological polar surface area (TPSA) is 147 Å². The minimum atomic E-state index is -0.363. The number of nitrogens with one attached hydrogen (secondary N) is 2. The average Bonchev–Trinajstić information content (AvgIpc) is 3.36. The van der Waals surface area contributed by atoms with E-state index in [2.05, 4.69) is 92.8 Å². The van der Waals surface area contributed by atoms with Gasteiger partial charge in [-0.25, -0.2) is 9.97 Å². The van der Waals surface area contributed by atoms with E-state index in [0.29, 0.717) is 29.9 Å². The maximum atomic E-state index is 11.4. The molecule has 14 nitrogen and oxygen atoms in total. The highest BCUT2D eigenvalue weighted by Crippen LogP contribution is 2.40. The summed E-state index contributed by atoms with van der Waals surface area (Å²) in [5, 5.41) is 20.3. The smallest absolute Gasteiger partial charge is 0.270 e. The molecule has 0 amide bonds. The maximum absolute atomic E-state index is 11.4. The van der Waals surface area contributed by atoms with Crippen LogP contribution in [0, 0.1) is 10.1 Å². The molecule has 2 saturated heterocycles. The first-order valence-electron chi connectivity index (χ1n) is 25.1. The van der Waals surface area contributed by atoms with Crippen molar-refractivity contribution in [3.05, 3.63) is 106 Å². The number of nitro groups is 1. The molecule has 68 heavy (non-hydrogen) atoms. The zero-order chi connectivity index (χ0) is 47.6. The van der Waals surface area contributed by atoms with Crippen molar-refractivity contribution in [2.45, 2.75) is 115 Å². The second-order valence-electron chi connectivity index (χ2n) is 18.4. The minimum Gasteiger partial charge on any atom is -0.496 e. The summed E-state index contributed by atoms with van der Waals surface area (Å²) in [4.78, 5) is 37.5. The lowest BCUT2D eigenvalue weighted by Crippen LogP contribution is -2.34. The van der Waals surface area contributed by atoms with Crippen LogP contribution in [-0.2, 0) is 0 Å². The van der Waals surface area contributed by atoms with Crippen molar-refractivity contribution in [3.8, 4) is 11.5 Å². The summed E-state index contributed by atoms with van der Waals surface area (Å²) in [6, 6.07) is 29.1. The number of hydrogen-bond donors (Lipinski definition) is 2. The third-order valence-electron chi connectivity index (χ3n) is 14.2. The van der Waals surface area contributed by atoms with Crippen LogP contribution in [-0.4, -0.2) is 90.9 Å². The number of piperidine rings is 2. The first-order chi connectivity index (χ1) is 33.3. The Morgan fingerprint density at radius 2 is 1.10 bits per heavy atom. The lowest BCUT2D eigenvalue weighted by Gasteiger charge is -2.34. The second kappa shape index (κ2) is 22.6. The number of methoxy groups -OCH3 is 2. The lowest BCUT2D eigenvalue weighted by atomic mass is 9.88. The number of anilines is 5. The Labute approximate surface area is 402 Å². The van der Waals surface area contributed by atoms with Gasteiger partial charge in [-0.2, -0.15) is 9.97 Å². The standard InChI is InChI=1S/C28H37N5O.C24H27N5O3.C2H6/c1-4-16-32(2)22-12-13-25-24(19-22)27(31-28(30-25)29-21-8-7-9-21)33-17-14-20(15-18-33)23-10-5-6-11-26(23)34-3;1-32-22-8-3-2-7-19(22)16-11-13-28(14-12-16)23-20-15-18(29(30)31)9-10-21(20)26-24(27-23)25-17-5-4-6-17;1-2/h5-6,10-13,19-21H,4,7-9,14-18H2,1-3H3,(H,29,30,31);2-3,7-10,15-17H,4-6,11-14H2,1H3,(H,25,26,27);1-2H3. The zero-order valence-electron chi connectivity index (χ0n) is 40.9. The van der Waals surface area contributed by atoms with E-state index >= 15 is 0 Å². The Balaban J connectivity index is 0.000000178. The predicted molar refractivity (Wildman–Crippen MR) is 278 cm³/mol. The molecule has 14 heteroatoms. The average molecular weight is 923 g/mol. The summed E-state index contributed by atoms with van der Waals surface area (Å²) >= 11 is 0. The van der Waals surface area contributed by atoms with Crippen molar-refractivity contribution < 1.29 is 14.4 Å². The molecule has 2 aromatic heterocycles. The normalized spacial score (nSPS) is 16.7. The summed E-state index contributed by atoms with van der Waals surface area (Å²) < 4.78 is 11.2. The molecule has 2 saturated carbocycles. The fraction of sp³-hybridized carbons (Fsp3) is 0.481. The second-order valence-corrected chi connectivity index (χ2v) is 18.4. The van der Waals surface area contributed by atoms with E-state index in [4.69, 9.17) is 24.4 Å². The van der Waals surface area contributed by atoms with Crippen molar-refractivity contribution in [2.75, 3.05) is 79.3 Å². The number of benzene rings is 4. The highest BCUT2D eigenvalue weighted by molar-refractivity contribution is 5.94. The van der Waals surface area contributed by atoms with Gasteiger partial charge in [0.1, 0.15) is 23.1 Å². The number of fused-ring (bicyclic) bond motifs is 2. The molecule has 10 rings (SSSR count). The van der Waals surface area contributed by atoms with E-state index in [1.165, 1.54) is 48.6 Å². The fourth-order valence-electron chi connectivity index (χ4n) is 9.91. The number of nitrogens with zero attached hydrogens (tertiary/aromatic N) is 8.